The third-order valence-corrected chi connectivity index (χ3v) is 9.51. The molecule has 0 spiro atoms. The Morgan fingerprint density at radius 2 is 1.63 bits per heavy atom. The lowest BCUT2D eigenvalue weighted by molar-refractivity contribution is -0.136. The molecule has 3 saturated heterocycles. The minimum atomic E-state index is -3.36. The van der Waals surface area contributed by atoms with Crippen molar-refractivity contribution < 1.29 is 13.2 Å². The molecule has 2 bridgehead atoms. The van der Waals surface area contributed by atoms with E-state index >= 15 is 0 Å². The van der Waals surface area contributed by atoms with Crippen molar-refractivity contribution in [2.75, 3.05) is 20.1 Å². The molecular weight excluding hydrogens is 386 g/mol. The molecule has 0 aromatic rings. The van der Waals surface area contributed by atoms with Crippen LogP contribution < -0.4 is 5.32 Å². The van der Waals surface area contributed by atoms with E-state index in [0.29, 0.717) is 25.0 Å². The summed E-state index contributed by atoms with van der Waals surface area (Å²) in [5.41, 5.74) is 0. The zero-order chi connectivity index (χ0) is 18.3. The first-order valence-corrected chi connectivity index (χ1v) is 12.0. The van der Waals surface area contributed by atoms with Gasteiger partial charge in [0.2, 0.25) is 15.9 Å². The summed E-state index contributed by atoms with van der Waals surface area (Å²) in [6.45, 7) is 1.11. The van der Waals surface area contributed by atoms with Crippen molar-refractivity contribution in [3.8, 4) is 0 Å². The highest BCUT2D eigenvalue weighted by Gasteiger charge is 2.42. The highest BCUT2D eigenvalue weighted by molar-refractivity contribution is 7.89. The summed E-state index contributed by atoms with van der Waals surface area (Å²) < 4.78 is 28.2. The predicted octanol–water partition coefficient (Wildman–Crippen LogP) is 2.13. The summed E-state index contributed by atoms with van der Waals surface area (Å²) >= 11 is 0. The van der Waals surface area contributed by atoms with Crippen LogP contribution in [0, 0.1) is 5.92 Å². The number of sulfonamides is 1. The fourth-order valence-corrected chi connectivity index (χ4v) is 7.47. The second kappa shape index (κ2) is 8.56. The second-order valence-electron chi connectivity index (χ2n) is 8.85. The number of likely N-dealkylation sites (tertiary alicyclic amines) is 1. The van der Waals surface area contributed by atoms with E-state index in [-0.39, 0.29) is 30.3 Å². The molecule has 3 aliphatic heterocycles. The molecule has 1 N–H and O–H groups in total. The molecule has 4 aliphatic rings. The Hall–Kier alpha value is -0.370. The molecule has 4 fully saturated rings. The van der Waals surface area contributed by atoms with Gasteiger partial charge < -0.3 is 10.2 Å². The Morgan fingerprint density at radius 1 is 1.00 bits per heavy atom. The van der Waals surface area contributed by atoms with Crippen LogP contribution in [0.4, 0.5) is 0 Å². The molecular formula is C19H34ClN3O3S. The first-order valence-electron chi connectivity index (χ1n) is 10.5. The van der Waals surface area contributed by atoms with E-state index in [1.54, 1.807) is 11.4 Å². The van der Waals surface area contributed by atoms with Crippen LogP contribution >= 0.6 is 12.4 Å². The molecule has 27 heavy (non-hydrogen) atoms. The lowest BCUT2D eigenvalue weighted by atomic mass is 10.0. The molecule has 156 valence electrons. The third kappa shape index (κ3) is 4.31. The van der Waals surface area contributed by atoms with Crippen LogP contribution in [-0.4, -0.2) is 67.0 Å². The first-order chi connectivity index (χ1) is 12.4. The lowest BCUT2D eigenvalue weighted by Gasteiger charge is -2.39. The monoisotopic (exact) mass is 419 g/mol. The number of nitrogens with zero attached hydrogens (tertiary/aromatic N) is 2. The molecule has 1 aliphatic carbocycles. The van der Waals surface area contributed by atoms with Crippen LogP contribution in [0.2, 0.25) is 0 Å². The average molecular weight is 420 g/mol. The third-order valence-electron chi connectivity index (χ3n) is 7.18. The predicted molar refractivity (Wildman–Crippen MR) is 108 cm³/mol. The Balaban J connectivity index is 0.00000210. The van der Waals surface area contributed by atoms with Crippen molar-refractivity contribution in [2.45, 2.75) is 87.6 Å². The van der Waals surface area contributed by atoms with E-state index in [2.05, 4.69) is 5.32 Å². The topological polar surface area (TPSA) is 69.7 Å². The van der Waals surface area contributed by atoms with Gasteiger partial charge in [-0.1, -0.05) is 12.8 Å². The van der Waals surface area contributed by atoms with Gasteiger partial charge in [0.15, 0.2) is 0 Å². The SMILES string of the molecule is CN(C1CC2CCC(C1)N2)S(=O)(=O)C1CCCN(C(=O)C2CCCC2)C1.Cl. The van der Waals surface area contributed by atoms with Crippen molar-refractivity contribution in [2.24, 2.45) is 5.92 Å². The summed E-state index contributed by atoms with van der Waals surface area (Å²) in [4.78, 5) is 14.6. The van der Waals surface area contributed by atoms with Gasteiger partial charge in [-0.25, -0.2) is 12.7 Å². The zero-order valence-electron chi connectivity index (χ0n) is 16.3. The highest BCUT2D eigenvalue weighted by Crippen LogP contribution is 2.33. The fourth-order valence-electron chi connectivity index (χ4n) is 5.58. The van der Waals surface area contributed by atoms with Gasteiger partial charge in [0.05, 0.1) is 5.25 Å². The summed E-state index contributed by atoms with van der Waals surface area (Å²) in [5, 5.41) is 3.15. The van der Waals surface area contributed by atoms with E-state index in [9.17, 15) is 13.2 Å². The molecule has 0 aromatic heterocycles. The number of amides is 1. The molecule has 4 rings (SSSR count). The quantitative estimate of drug-likeness (QED) is 0.757. The molecule has 1 saturated carbocycles. The largest absolute Gasteiger partial charge is 0.341 e. The number of hydrogen-bond donors (Lipinski definition) is 1. The Labute approximate surface area is 169 Å². The molecule has 3 unspecified atom stereocenters. The Morgan fingerprint density at radius 3 is 2.26 bits per heavy atom. The second-order valence-corrected chi connectivity index (χ2v) is 11.1. The van der Waals surface area contributed by atoms with Crippen LogP contribution in [0.25, 0.3) is 0 Å². The van der Waals surface area contributed by atoms with Crippen molar-refractivity contribution in [1.29, 1.82) is 0 Å². The zero-order valence-corrected chi connectivity index (χ0v) is 17.9. The fraction of sp³-hybridized carbons (Fsp3) is 0.947. The van der Waals surface area contributed by atoms with E-state index in [1.807, 2.05) is 4.90 Å². The smallest absolute Gasteiger partial charge is 0.225 e. The van der Waals surface area contributed by atoms with Crippen molar-refractivity contribution in [3.63, 3.8) is 0 Å². The molecule has 1 amide bonds. The van der Waals surface area contributed by atoms with Crippen LogP contribution in [-0.2, 0) is 14.8 Å². The number of fused-ring (bicyclic) bond motifs is 2. The number of carbonyl (C=O) groups is 1. The van der Waals surface area contributed by atoms with E-state index in [4.69, 9.17) is 0 Å². The van der Waals surface area contributed by atoms with E-state index in [1.165, 1.54) is 12.8 Å². The number of nitrogens with one attached hydrogen (secondary N) is 1. The van der Waals surface area contributed by atoms with Crippen LogP contribution in [0.3, 0.4) is 0 Å². The van der Waals surface area contributed by atoms with Gasteiger partial charge in [-0.05, 0) is 51.4 Å². The first kappa shape index (κ1) is 21.3. The number of halogens is 1. The standard InChI is InChI=1S/C19H33N3O3S.ClH/c1-21(17-11-15-8-9-16(12-17)20-15)26(24,25)18-7-4-10-22(13-18)19(23)14-5-2-3-6-14;/h14-18,20H,2-13H2,1H3;1H. The molecule has 0 radical (unpaired) electrons. The van der Waals surface area contributed by atoms with Crippen molar-refractivity contribution in [3.05, 3.63) is 0 Å². The number of rotatable bonds is 4. The van der Waals surface area contributed by atoms with Crippen molar-refractivity contribution >= 4 is 28.3 Å². The molecule has 0 aromatic carbocycles. The van der Waals surface area contributed by atoms with E-state index < -0.39 is 15.3 Å². The number of carbonyl (C=O) groups excluding carboxylic acids is 1. The van der Waals surface area contributed by atoms with E-state index in [0.717, 1.165) is 51.5 Å². The number of piperidine rings is 2. The summed E-state index contributed by atoms with van der Waals surface area (Å²) in [5.74, 6) is 0.333. The Kier molecular flexibility index (Phi) is 6.76. The van der Waals surface area contributed by atoms with Crippen molar-refractivity contribution in [1.82, 2.24) is 14.5 Å². The minimum Gasteiger partial charge on any atom is -0.341 e. The molecule has 6 nitrogen and oxygen atoms in total. The minimum absolute atomic E-state index is 0. The lowest BCUT2D eigenvalue weighted by Crippen LogP contribution is -2.54. The average Bonchev–Trinajstić information content (AvgIpc) is 3.30. The van der Waals surface area contributed by atoms with Gasteiger partial charge in [0.1, 0.15) is 0 Å². The highest BCUT2D eigenvalue weighted by atomic mass is 35.5. The van der Waals surface area contributed by atoms with Gasteiger partial charge in [0, 0.05) is 44.2 Å². The summed E-state index contributed by atoms with van der Waals surface area (Å²) in [6, 6.07) is 1.06. The molecule has 3 heterocycles. The van der Waals surface area contributed by atoms with Crippen LogP contribution in [0.1, 0.15) is 64.2 Å². The van der Waals surface area contributed by atoms with Gasteiger partial charge in [-0.2, -0.15) is 0 Å². The van der Waals surface area contributed by atoms with Gasteiger partial charge in [-0.15, -0.1) is 12.4 Å². The molecule has 8 heteroatoms. The summed E-state index contributed by atoms with van der Waals surface area (Å²) in [7, 11) is -1.59. The van der Waals surface area contributed by atoms with Gasteiger partial charge in [-0.3, -0.25) is 4.79 Å². The maximum absolute atomic E-state index is 13.3. The molecule has 3 atom stereocenters. The van der Waals surface area contributed by atoms with Gasteiger partial charge >= 0.3 is 0 Å². The van der Waals surface area contributed by atoms with Crippen LogP contribution in [0.15, 0.2) is 0 Å². The van der Waals surface area contributed by atoms with Crippen LogP contribution in [0.5, 0.6) is 0 Å². The number of hydrogen-bond acceptors (Lipinski definition) is 4. The maximum atomic E-state index is 13.3. The van der Waals surface area contributed by atoms with Gasteiger partial charge in [0.25, 0.3) is 0 Å². The normalized spacial score (nSPS) is 34.7. The summed E-state index contributed by atoms with van der Waals surface area (Å²) in [6.07, 6.45) is 9.87. The Bertz CT molecular complexity index is 626. The maximum Gasteiger partial charge on any atom is 0.225 e.